The van der Waals surface area contributed by atoms with Gasteiger partial charge in [-0.1, -0.05) is 94.5 Å². The normalized spacial score (nSPS) is 17.1. The van der Waals surface area contributed by atoms with E-state index in [2.05, 4.69) is 114 Å². The Morgan fingerprint density at radius 2 is 1.43 bits per heavy atom. The molecule has 1 radical (unpaired) electrons. The fourth-order valence-corrected chi connectivity index (χ4v) is 8.20. The second-order valence-electron chi connectivity index (χ2n) is 15.4. The monoisotopic (exact) mass is 876 g/mol. The van der Waals surface area contributed by atoms with Crippen LogP contribution < -0.4 is 0 Å². The predicted molar refractivity (Wildman–Crippen MR) is 215 cm³/mol. The standard InChI is InChI=1S/C37H41N2O.C11H8N.Ir/c1-21(2)27-10-8-11-28(22(3)4)35(27)33-15-14-30-29-12-9-13-31(36(29)40-37(30)39-33)34-19-25(7)32(20-38-34)26-17-23(5)16-24(6)18-26;1-2-6-10(7-3-1)11-8-4-5-9-12-11;/h8-12,14-15,19-24,26H,16-18H2,1-7H3;1-6,8-9H;/q2*-1;. The number of hydrogen-bond acceptors (Lipinski definition) is 4. The first-order valence-corrected chi connectivity index (χ1v) is 18.9. The summed E-state index contributed by atoms with van der Waals surface area (Å²) >= 11 is 0. The first-order chi connectivity index (χ1) is 25.2. The van der Waals surface area contributed by atoms with Crippen molar-refractivity contribution in [1.82, 2.24) is 15.0 Å². The third kappa shape index (κ3) is 8.22. The Labute approximate surface area is 328 Å². The number of nitrogens with zero attached hydrogens (tertiary/aromatic N) is 3. The number of hydrogen-bond donors (Lipinski definition) is 0. The van der Waals surface area contributed by atoms with Crippen molar-refractivity contribution in [2.75, 3.05) is 0 Å². The van der Waals surface area contributed by atoms with Gasteiger partial charge in [0.2, 0.25) is 5.71 Å². The molecule has 4 nitrogen and oxygen atoms in total. The summed E-state index contributed by atoms with van der Waals surface area (Å²) in [7, 11) is 0. The third-order valence-corrected chi connectivity index (χ3v) is 10.6. The molecule has 7 aromatic rings. The largest absolute Gasteiger partial charge is 0.486 e. The van der Waals surface area contributed by atoms with Crippen LogP contribution in [-0.2, 0) is 20.1 Å². The molecule has 5 heteroatoms. The van der Waals surface area contributed by atoms with Gasteiger partial charge in [0.05, 0.1) is 11.3 Å². The van der Waals surface area contributed by atoms with Crippen LogP contribution in [0.1, 0.15) is 101 Å². The van der Waals surface area contributed by atoms with Gasteiger partial charge in [0.25, 0.3) is 0 Å². The SMILES string of the molecule is Cc1cc(-c2[c-]ccc3c2oc2nc(-c4c(C(C)C)cccc4C(C)C)ccc23)ncc1C1CC(C)CC(C)C1.[Ir].[c-]1ccccc1-c1ccccn1. The van der Waals surface area contributed by atoms with Gasteiger partial charge < -0.3 is 14.4 Å². The van der Waals surface area contributed by atoms with E-state index in [0.29, 0.717) is 23.5 Å². The molecule has 0 spiro atoms. The van der Waals surface area contributed by atoms with Crippen molar-refractivity contribution in [1.29, 1.82) is 0 Å². The summed E-state index contributed by atoms with van der Waals surface area (Å²) in [5, 5.41) is 2.09. The topological polar surface area (TPSA) is 51.8 Å². The molecule has 0 N–H and O–H groups in total. The van der Waals surface area contributed by atoms with Crippen molar-refractivity contribution < 1.29 is 24.5 Å². The fourth-order valence-electron chi connectivity index (χ4n) is 8.20. The molecule has 2 unspecified atom stereocenters. The molecule has 4 aromatic heterocycles. The van der Waals surface area contributed by atoms with Crippen LogP contribution >= 0.6 is 0 Å². The minimum absolute atomic E-state index is 0. The quantitative estimate of drug-likeness (QED) is 0.156. The Balaban J connectivity index is 0.000000313. The molecule has 4 heterocycles. The van der Waals surface area contributed by atoms with E-state index >= 15 is 0 Å². The minimum atomic E-state index is 0. The van der Waals surface area contributed by atoms with E-state index in [0.717, 1.165) is 56.4 Å². The minimum Gasteiger partial charge on any atom is -0.486 e. The van der Waals surface area contributed by atoms with Crippen molar-refractivity contribution in [2.24, 2.45) is 11.8 Å². The van der Waals surface area contributed by atoms with Gasteiger partial charge in [-0.25, -0.2) is 4.98 Å². The average Bonchev–Trinajstić information content (AvgIpc) is 3.53. The number of rotatable bonds is 6. The average molecular weight is 876 g/mol. The van der Waals surface area contributed by atoms with Gasteiger partial charge in [-0.15, -0.1) is 54.1 Å². The molecular weight excluding hydrogens is 827 g/mol. The predicted octanol–water partition coefficient (Wildman–Crippen LogP) is 13.2. The zero-order valence-corrected chi connectivity index (χ0v) is 34.3. The first kappa shape index (κ1) is 38.3. The maximum absolute atomic E-state index is 6.53. The Morgan fingerprint density at radius 1 is 0.698 bits per heavy atom. The van der Waals surface area contributed by atoms with Crippen molar-refractivity contribution in [3.8, 4) is 33.8 Å². The van der Waals surface area contributed by atoms with Crippen LogP contribution in [0.2, 0.25) is 0 Å². The molecule has 3 aromatic carbocycles. The molecule has 0 aliphatic heterocycles. The first-order valence-electron chi connectivity index (χ1n) is 18.9. The van der Waals surface area contributed by atoms with Crippen LogP contribution in [-0.4, -0.2) is 15.0 Å². The molecule has 0 bridgehead atoms. The van der Waals surface area contributed by atoms with Crippen LogP contribution in [0.25, 0.3) is 55.8 Å². The van der Waals surface area contributed by atoms with Gasteiger partial charge in [0.15, 0.2) is 0 Å². The number of aryl methyl sites for hydroxylation is 1. The Hall–Kier alpha value is -4.44. The molecule has 1 fully saturated rings. The summed E-state index contributed by atoms with van der Waals surface area (Å²) in [5.74, 6) is 2.94. The van der Waals surface area contributed by atoms with Gasteiger partial charge in [-0.05, 0) is 102 Å². The van der Waals surface area contributed by atoms with E-state index in [9.17, 15) is 0 Å². The summed E-state index contributed by atoms with van der Waals surface area (Å²) in [4.78, 5) is 14.3. The molecule has 1 saturated carbocycles. The molecule has 53 heavy (non-hydrogen) atoms. The molecule has 1 aliphatic carbocycles. The summed E-state index contributed by atoms with van der Waals surface area (Å²) in [6, 6.07) is 37.5. The van der Waals surface area contributed by atoms with Gasteiger partial charge in [0, 0.05) is 43.4 Å². The number of aromatic nitrogens is 3. The van der Waals surface area contributed by atoms with Crippen molar-refractivity contribution in [2.45, 2.75) is 85.5 Å². The maximum Gasteiger partial charge on any atom is 0.216 e. The van der Waals surface area contributed by atoms with Gasteiger partial charge in [0.1, 0.15) is 0 Å². The zero-order valence-electron chi connectivity index (χ0n) is 31.9. The van der Waals surface area contributed by atoms with E-state index in [1.807, 2.05) is 48.5 Å². The Morgan fingerprint density at radius 3 is 2.08 bits per heavy atom. The molecule has 0 saturated heterocycles. The second-order valence-corrected chi connectivity index (χ2v) is 15.4. The Bertz CT molecular complexity index is 2220. The van der Waals surface area contributed by atoms with Crippen molar-refractivity contribution in [3.05, 3.63) is 138 Å². The molecular formula is C48H49IrN3O-2. The summed E-state index contributed by atoms with van der Waals surface area (Å²) in [6.07, 6.45) is 7.74. The molecule has 1 aliphatic rings. The molecule has 8 rings (SSSR count). The van der Waals surface area contributed by atoms with E-state index in [-0.39, 0.29) is 20.1 Å². The summed E-state index contributed by atoms with van der Waals surface area (Å²) < 4.78 is 6.53. The molecule has 2 atom stereocenters. The van der Waals surface area contributed by atoms with Crippen LogP contribution in [0.3, 0.4) is 0 Å². The summed E-state index contributed by atoms with van der Waals surface area (Å²) in [6.45, 7) is 16.0. The smallest absolute Gasteiger partial charge is 0.216 e. The number of furan rings is 1. The van der Waals surface area contributed by atoms with E-state index in [1.165, 1.54) is 47.1 Å². The van der Waals surface area contributed by atoms with Crippen molar-refractivity contribution in [3.63, 3.8) is 0 Å². The van der Waals surface area contributed by atoms with Gasteiger partial charge >= 0.3 is 0 Å². The molecule has 273 valence electrons. The second kappa shape index (κ2) is 16.7. The summed E-state index contributed by atoms with van der Waals surface area (Å²) in [5.41, 5.74) is 12.9. The van der Waals surface area contributed by atoms with Crippen molar-refractivity contribution >= 4 is 22.1 Å². The van der Waals surface area contributed by atoms with Gasteiger partial charge in [-0.3, -0.25) is 0 Å². The van der Waals surface area contributed by atoms with Crippen LogP contribution in [0, 0.1) is 30.9 Å². The fraction of sp³-hybridized carbons (Fsp3) is 0.312. The van der Waals surface area contributed by atoms with Crippen LogP contribution in [0.15, 0.2) is 108 Å². The zero-order chi connectivity index (χ0) is 36.4. The maximum atomic E-state index is 6.53. The molecule has 0 amide bonds. The van der Waals surface area contributed by atoms with E-state index in [1.54, 1.807) is 6.20 Å². The third-order valence-electron chi connectivity index (χ3n) is 10.6. The van der Waals surface area contributed by atoms with Crippen LogP contribution in [0.5, 0.6) is 0 Å². The van der Waals surface area contributed by atoms with Crippen LogP contribution in [0.4, 0.5) is 0 Å². The number of fused-ring (bicyclic) bond motifs is 3. The number of pyridine rings is 3. The van der Waals surface area contributed by atoms with E-state index in [4.69, 9.17) is 14.4 Å². The number of benzene rings is 3. The van der Waals surface area contributed by atoms with E-state index < -0.39 is 0 Å². The Kier molecular flexibility index (Phi) is 12.1. The van der Waals surface area contributed by atoms with Gasteiger partial charge in [-0.2, -0.15) is 0 Å².